The number of hydrogen-bond acceptors (Lipinski definition) is 2. The number of halogens is 1. The fourth-order valence-corrected chi connectivity index (χ4v) is 3.40. The summed E-state index contributed by atoms with van der Waals surface area (Å²) >= 11 is 6.82. The molecule has 0 saturated heterocycles. The molecule has 1 unspecified atom stereocenters. The number of carboxylic acid groups (broad SMARTS) is 1. The molecule has 0 radical (unpaired) electrons. The van der Waals surface area contributed by atoms with Crippen LogP contribution in [0.3, 0.4) is 0 Å². The summed E-state index contributed by atoms with van der Waals surface area (Å²) in [5, 5.41) is 12.3. The summed E-state index contributed by atoms with van der Waals surface area (Å²) in [4.78, 5) is 10.2. The van der Waals surface area contributed by atoms with Gasteiger partial charge >= 0.3 is 5.97 Å². The lowest BCUT2D eigenvalue weighted by atomic mass is 9.81. The molecule has 4 heteroatoms. The fourth-order valence-electron chi connectivity index (χ4n) is 2.98. The third kappa shape index (κ3) is 4.14. The minimum absolute atomic E-state index is 0.0971. The number of anilines is 1. The largest absolute Gasteiger partial charge is 0.481 e. The average Bonchev–Trinajstić information content (AvgIpc) is 2.47. The van der Waals surface area contributed by atoms with Crippen LogP contribution in [0.25, 0.3) is 0 Å². The van der Waals surface area contributed by atoms with E-state index in [0.29, 0.717) is 12.3 Å². The Bertz CT molecular complexity index is 431. The number of para-hydroxylation sites is 1. The van der Waals surface area contributed by atoms with Crippen LogP contribution in [-0.4, -0.2) is 16.1 Å². The van der Waals surface area contributed by atoms with Crippen LogP contribution < -0.4 is 5.32 Å². The van der Waals surface area contributed by atoms with Gasteiger partial charge in [0.2, 0.25) is 0 Å². The maximum Gasteiger partial charge on any atom is 0.303 e. The highest BCUT2D eigenvalue weighted by Gasteiger charge is 2.37. The molecule has 3 nitrogen and oxygen atoms in total. The molecule has 1 aromatic carbocycles. The van der Waals surface area contributed by atoms with Gasteiger partial charge in [-0.1, -0.05) is 49.1 Å². The normalized spacial score (nSPS) is 19.2. The molecule has 1 aliphatic carbocycles. The standard InChI is InChI=1S/C16H22ClNO2/c17-16(12-11-15(19)20,13-7-3-1-4-8-13)18-14-9-5-2-6-10-14/h2,5-6,9-10,13,18H,1,3-4,7-8,11-12H2,(H,19,20). The van der Waals surface area contributed by atoms with Crippen molar-refractivity contribution in [3.8, 4) is 0 Å². The van der Waals surface area contributed by atoms with Gasteiger partial charge in [-0.25, -0.2) is 0 Å². The second-order valence-electron chi connectivity index (χ2n) is 5.58. The van der Waals surface area contributed by atoms with E-state index in [2.05, 4.69) is 5.32 Å². The first-order chi connectivity index (χ1) is 9.60. The van der Waals surface area contributed by atoms with E-state index in [1.807, 2.05) is 30.3 Å². The molecule has 0 amide bonds. The van der Waals surface area contributed by atoms with E-state index in [1.165, 1.54) is 19.3 Å². The van der Waals surface area contributed by atoms with Gasteiger partial charge in [-0.15, -0.1) is 0 Å². The SMILES string of the molecule is O=C(O)CCC(Cl)(Nc1ccccc1)C1CCCCC1. The summed E-state index contributed by atoms with van der Waals surface area (Å²) in [7, 11) is 0. The van der Waals surface area contributed by atoms with Crippen molar-refractivity contribution in [3.63, 3.8) is 0 Å². The molecular formula is C16H22ClNO2. The van der Waals surface area contributed by atoms with E-state index < -0.39 is 11.0 Å². The summed E-state index contributed by atoms with van der Waals surface area (Å²) in [6, 6.07) is 9.82. The molecule has 2 rings (SSSR count). The molecule has 1 fully saturated rings. The third-order valence-electron chi connectivity index (χ3n) is 4.08. The minimum Gasteiger partial charge on any atom is -0.481 e. The predicted molar refractivity (Wildman–Crippen MR) is 82.1 cm³/mol. The van der Waals surface area contributed by atoms with Crippen molar-refractivity contribution in [2.45, 2.75) is 49.9 Å². The zero-order valence-electron chi connectivity index (χ0n) is 11.6. The van der Waals surface area contributed by atoms with Crippen molar-refractivity contribution in [2.24, 2.45) is 5.92 Å². The van der Waals surface area contributed by atoms with Crippen LogP contribution in [0, 0.1) is 5.92 Å². The lowest BCUT2D eigenvalue weighted by molar-refractivity contribution is -0.137. The van der Waals surface area contributed by atoms with Crippen molar-refractivity contribution in [2.75, 3.05) is 5.32 Å². The van der Waals surface area contributed by atoms with Gasteiger partial charge in [0, 0.05) is 12.1 Å². The number of alkyl halides is 1. The molecule has 0 heterocycles. The molecule has 1 aromatic rings. The van der Waals surface area contributed by atoms with Gasteiger partial charge in [0.25, 0.3) is 0 Å². The first-order valence-electron chi connectivity index (χ1n) is 7.34. The van der Waals surface area contributed by atoms with Crippen molar-refractivity contribution in [1.82, 2.24) is 0 Å². The average molecular weight is 296 g/mol. The maximum absolute atomic E-state index is 10.9. The molecule has 0 aliphatic heterocycles. The van der Waals surface area contributed by atoms with Crippen molar-refractivity contribution < 1.29 is 9.90 Å². The Hall–Kier alpha value is -1.22. The fraction of sp³-hybridized carbons (Fsp3) is 0.562. The highest BCUT2D eigenvalue weighted by atomic mass is 35.5. The Morgan fingerprint density at radius 3 is 2.50 bits per heavy atom. The molecule has 110 valence electrons. The number of rotatable bonds is 6. The molecule has 1 aliphatic rings. The second kappa shape index (κ2) is 6.98. The zero-order chi connectivity index (χ0) is 14.4. The second-order valence-corrected chi connectivity index (χ2v) is 6.26. The summed E-state index contributed by atoms with van der Waals surface area (Å²) in [5.41, 5.74) is 0.957. The summed E-state index contributed by atoms with van der Waals surface area (Å²) < 4.78 is 0. The molecular weight excluding hydrogens is 274 g/mol. The monoisotopic (exact) mass is 295 g/mol. The van der Waals surface area contributed by atoms with Gasteiger partial charge in [0.1, 0.15) is 5.00 Å². The number of benzene rings is 1. The Balaban J connectivity index is 2.11. The Morgan fingerprint density at radius 1 is 1.25 bits per heavy atom. The van der Waals surface area contributed by atoms with Crippen LogP contribution in [0.15, 0.2) is 30.3 Å². The molecule has 1 saturated carbocycles. The van der Waals surface area contributed by atoms with Crippen LogP contribution in [-0.2, 0) is 4.79 Å². The summed E-state index contributed by atoms with van der Waals surface area (Å²) in [6.45, 7) is 0. The molecule has 0 aromatic heterocycles. The maximum atomic E-state index is 10.9. The van der Waals surface area contributed by atoms with Crippen LogP contribution in [0.4, 0.5) is 5.69 Å². The Morgan fingerprint density at radius 2 is 1.90 bits per heavy atom. The quantitative estimate of drug-likeness (QED) is 0.601. The van der Waals surface area contributed by atoms with Crippen molar-refractivity contribution >= 4 is 23.3 Å². The summed E-state index contributed by atoms with van der Waals surface area (Å²) in [5.74, 6) is -0.460. The number of carbonyl (C=O) groups is 1. The smallest absolute Gasteiger partial charge is 0.303 e. The topological polar surface area (TPSA) is 49.3 Å². The molecule has 20 heavy (non-hydrogen) atoms. The highest BCUT2D eigenvalue weighted by Crippen LogP contribution is 2.40. The predicted octanol–water partition coefficient (Wildman–Crippen LogP) is 4.48. The number of nitrogens with one attached hydrogen (secondary N) is 1. The van der Waals surface area contributed by atoms with E-state index in [0.717, 1.165) is 18.5 Å². The van der Waals surface area contributed by atoms with Crippen LogP contribution in [0.2, 0.25) is 0 Å². The first-order valence-corrected chi connectivity index (χ1v) is 7.72. The Labute approximate surface area is 125 Å². The lowest BCUT2D eigenvalue weighted by Crippen LogP contribution is -2.41. The van der Waals surface area contributed by atoms with Crippen molar-refractivity contribution in [1.29, 1.82) is 0 Å². The van der Waals surface area contributed by atoms with E-state index >= 15 is 0 Å². The highest BCUT2D eigenvalue weighted by molar-refractivity contribution is 6.25. The third-order valence-corrected chi connectivity index (χ3v) is 4.67. The van der Waals surface area contributed by atoms with Crippen LogP contribution >= 0.6 is 11.6 Å². The van der Waals surface area contributed by atoms with Gasteiger partial charge in [0.05, 0.1) is 0 Å². The Kier molecular flexibility index (Phi) is 5.30. The first kappa shape index (κ1) is 15.2. The van der Waals surface area contributed by atoms with E-state index in [9.17, 15) is 4.79 Å². The number of hydrogen-bond donors (Lipinski definition) is 2. The van der Waals surface area contributed by atoms with Crippen molar-refractivity contribution in [3.05, 3.63) is 30.3 Å². The van der Waals surface area contributed by atoms with Gasteiger partial charge in [-0.2, -0.15) is 0 Å². The van der Waals surface area contributed by atoms with Gasteiger partial charge in [0.15, 0.2) is 0 Å². The van der Waals surface area contributed by atoms with Gasteiger partial charge < -0.3 is 10.4 Å². The van der Waals surface area contributed by atoms with Gasteiger partial charge in [-0.05, 0) is 37.3 Å². The number of aliphatic carboxylic acids is 1. The van der Waals surface area contributed by atoms with E-state index in [1.54, 1.807) is 0 Å². The summed E-state index contributed by atoms with van der Waals surface area (Å²) in [6.07, 6.45) is 6.31. The van der Waals surface area contributed by atoms with E-state index in [4.69, 9.17) is 16.7 Å². The number of carboxylic acids is 1. The molecule has 0 bridgehead atoms. The van der Waals surface area contributed by atoms with E-state index in [-0.39, 0.29) is 6.42 Å². The molecule has 2 N–H and O–H groups in total. The zero-order valence-corrected chi connectivity index (χ0v) is 12.4. The lowest BCUT2D eigenvalue weighted by Gasteiger charge is -2.39. The van der Waals surface area contributed by atoms with Crippen LogP contribution in [0.1, 0.15) is 44.9 Å². The molecule has 1 atom stereocenters. The molecule has 0 spiro atoms. The van der Waals surface area contributed by atoms with Gasteiger partial charge in [-0.3, -0.25) is 4.79 Å². The van der Waals surface area contributed by atoms with Crippen LogP contribution in [0.5, 0.6) is 0 Å². The minimum atomic E-state index is -0.791.